The van der Waals surface area contributed by atoms with Gasteiger partial charge in [-0.3, -0.25) is 0 Å². The zero-order valence-corrected chi connectivity index (χ0v) is 16.4. The highest BCUT2D eigenvalue weighted by molar-refractivity contribution is 7.80. The molecule has 0 unspecified atom stereocenters. The van der Waals surface area contributed by atoms with Gasteiger partial charge in [0.2, 0.25) is 0 Å². The fourth-order valence-corrected chi connectivity index (χ4v) is 2.64. The molecule has 1 aliphatic rings. The third-order valence-electron chi connectivity index (χ3n) is 3.95. The van der Waals surface area contributed by atoms with Crippen LogP contribution in [0.4, 0.5) is 4.79 Å². The fourth-order valence-electron chi connectivity index (χ4n) is 2.39. The first kappa shape index (κ1) is 19.5. The van der Waals surface area contributed by atoms with Crippen molar-refractivity contribution in [1.82, 2.24) is 15.5 Å². The molecule has 5 nitrogen and oxygen atoms in total. The molecule has 0 saturated heterocycles. The minimum Gasteiger partial charge on any atom is -0.444 e. The molecule has 0 radical (unpaired) electrons. The lowest BCUT2D eigenvalue weighted by Crippen LogP contribution is -2.49. The molecule has 1 atom stereocenters. The lowest BCUT2D eigenvalue weighted by atomic mass is 10.1. The van der Waals surface area contributed by atoms with Crippen molar-refractivity contribution in [1.29, 1.82) is 0 Å². The van der Waals surface area contributed by atoms with Crippen molar-refractivity contribution in [3.8, 4) is 0 Å². The van der Waals surface area contributed by atoms with Gasteiger partial charge < -0.3 is 20.3 Å². The molecule has 0 heterocycles. The average molecular weight is 364 g/mol. The van der Waals surface area contributed by atoms with E-state index in [0.29, 0.717) is 17.7 Å². The van der Waals surface area contributed by atoms with Gasteiger partial charge in [0.25, 0.3) is 0 Å². The molecule has 1 saturated carbocycles. The Morgan fingerprint density at radius 2 is 1.96 bits per heavy atom. The molecule has 1 amide bonds. The Morgan fingerprint density at radius 1 is 1.32 bits per heavy atom. The highest BCUT2D eigenvalue weighted by Crippen LogP contribution is 2.18. The second-order valence-electron chi connectivity index (χ2n) is 7.56. The largest absolute Gasteiger partial charge is 0.444 e. The minimum atomic E-state index is -0.515. The van der Waals surface area contributed by atoms with Crippen molar-refractivity contribution in [3.05, 3.63) is 35.9 Å². The molecular weight excluding hydrogens is 334 g/mol. The van der Waals surface area contributed by atoms with Gasteiger partial charge in [-0.05, 0) is 57.8 Å². The van der Waals surface area contributed by atoms with E-state index in [1.54, 1.807) is 11.9 Å². The molecule has 2 N–H and O–H groups in total. The molecule has 1 aliphatic carbocycles. The number of hydrogen-bond acceptors (Lipinski definition) is 3. The van der Waals surface area contributed by atoms with Gasteiger partial charge in [-0.15, -0.1) is 0 Å². The molecule has 25 heavy (non-hydrogen) atoms. The molecule has 6 heteroatoms. The van der Waals surface area contributed by atoms with Gasteiger partial charge in [-0.25, -0.2) is 4.79 Å². The summed E-state index contributed by atoms with van der Waals surface area (Å²) in [6.07, 6.45) is 2.76. The monoisotopic (exact) mass is 363 g/mol. The molecule has 0 aliphatic heterocycles. The standard InChI is InChI=1S/C19H29N3O2S/c1-19(2,3)24-18(23)22(4)16(12-14-8-6-5-7-9-14)13-20-17(25)21-15-10-11-15/h5-9,15-16H,10-13H2,1-4H3,(H2,20,21,25)/t16-/m1/s1. The number of rotatable bonds is 6. The van der Waals surface area contributed by atoms with Crippen molar-refractivity contribution in [2.24, 2.45) is 0 Å². The maximum atomic E-state index is 12.5. The summed E-state index contributed by atoms with van der Waals surface area (Å²) >= 11 is 5.34. The fraction of sp³-hybridized carbons (Fsp3) is 0.579. The van der Waals surface area contributed by atoms with Crippen LogP contribution in [0.5, 0.6) is 0 Å². The number of benzene rings is 1. The average Bonchev–Trinajstić information content (AvgIpc) is 3.34. The molecule has 1 aromatic rings. The number of ether oxygens (including phenoxy) is 1. The normalized spacial score (nSPS) is 15.2. The topological polar surface area (TPSA) is 53.6 Å². The summed E-state index contributed by atoms with van der Waals surface area (Å²) in [6.45, 7) is 6.19. The van der Waals surface area contributed by atoms with Crippen molar-refractivity contribution in [2.45, 2.75) is 57.7 Å². The minimum absolute atomic E-state index is 0.0591. The van der Waals surface area contributed by atoms with Crippen molar-refractivity contribution < 1.29 is 9.53 Å². The Labute approximate surface area is 156 Å². The number of carbonyl (C=O) groups excluding carboxylic acids is 1. The van der Waals surface area contributed by atoms with E-state index < -0.39 is 5.60 Å². The van der Waals surface area contributed by atoms with Crippen LogP contribution < -0.4 is 10.6 Å². The molecule has 0 spiro atoms. The van der Waals surface area contributed by atoms with Crippen LogP contribution in [0, 0.1) is 0 Å². The third-order valence-corrected chi connectivity index (χ3v) is 4.22. The van der Waals surface area contributed by atoms with Crippen molar-refractivity contribution in [2.75, 3.05) is 13.6 Å². The molecule has 1 aromatic carbocycles. The van der Waals surface area contributed by atoms with Gasteiger partial charge in [-0.2, -0.15) is 0 Å². The number of nitrogens with zero attached hydrogens (tertiary/aromatic N) is 1. The lowest BCUT2D eigenvalue weighted by molar-refractivity contribution is 0.0225. The first-order valence-corrected chi connectivity index (χ1v) is 9.19. The molecular formula is C19H29N3O2S. The summed E-state index contributed by atoms with van der Waals surface area (Å²) in [5.74, 6) is 0. The van der Waals surface area contributed by atoms with E-state index in [1.165, 1.54) is 18.4 Å². The van der Waals surface area contributed by atoms with E-state index in [4.69, 9.17) is 17.0 Å². The second kappa shape index (κ2) is 8.52. The predicted molar refractivity (Wildman–Crippen MR) is 105 cm³/mol. The van der Waals surface area contributed by atoms with Crippen LogP contribution in [-0.2, 0) is 11.2 Å². The first-order chi connectivity index (χ1) is 11.7. The van der Waals surface area contributed by atoms with Crippen molar-refractivity contribution >= 4 is 23.4 Å². The van der Waals surface area contributed by atoms with Gasteiger partial charge in [0.15, 0.2) is 5.11 Å². The maximum Gasteiger partial charge on any atom is 0.410 e. The van der Waals surface area contributed by atoms with E-state index >= 15 is 0 Å². The molecule has 0 aromatic heterocycles. The summed E-state index contributed by atoms with van der Waals surface area (Å²) in [6, 6.07) is 10.6. The summed E-state index contributed by atoms with van der Waals surface area (Å²) in [4.78, 5) is 14.1. The Morgan fingerprint density at radius 3 is 2.52 bits per heavy atom. The lowest BCUT2D eigenvalue weighted by Gasteiger charge is -2.31. The van der Waals surface area contributed by atoms with Gasteiger partial charge in [0, 0.05) is 19.6 Å². The summed E-state index contributed by atoms with van der Waals surface area (Å²) in [5.41, 5.74) is 0.657. The van der Waals surface area contributed by atoms with Gasteiger partial charge in [0.05, 0.1) is 6.04 Å². The molecule has 138 valence electrons. The predicted octanol–water partition coefficient (Wildman–Crippen LogP) is 3.09. The molecule has 2 rings (SSSR count). The highest BCUT2D eigenvalue weighted by atomic mass is 32.1. The molecule has 0 bridgehead atoms. The van der Waals surface area contributed by atoms with E-state index in [-0.39, 0.29) is 12.1 Å². The van der Waals surface area contributed by atoms with E-state index in [2.05, 4.69) is 22.8 Å². The Hall–Kier alpha value is -1.82. The smallest absolute Gasteiger partial charge is 0.410 e. The van der Waals surface area contributed by atoms with Crippen LogP contribution in [0.3, 0.4) is 0 Å². The van der Waals surface area contributed by atoms with Crippen LogP contribution in [-0.4, -0.2) is 47.4 Å². The summed E-state index contributed by atoms with van der Waals surface area (Å²) in [5, 5.41) is 7.16. The number of hydrogen-bond donors (Lipinski definition) is 2. The Kier molecular flexibility index (Phi) is 6.64. The van der Waals surface area contributed by atoms with Crippen LogP contribution >= 0.6 is 12.2 Å². The van der Waals surface area contributed by atoms with Gasteiger partial charge in [0.1, 0.15) is 5.60 Å². The summed E-state index contributed by atoms with van der Waals surface area (Å²) < 4.78 is 5.51. The maximum absolute atomic E-state index is 12.5. The SMILES string of the molecule is CN(C(=O)OC(C)(C)C)[C@@H](CNC(=S)NC1CC1)Cc1ccccc1. The van der Waals surface area contributed by atoms with Gasteiger partial charge in [-0.1, -0.05) is 30.3 Å². The van der Waals surface area contributed by atoms with E-state index in [0.717, 1.165) is 6.42 Å². The van der Waals surface area contributed by atoms with Crippen LogP contribution in [0.25, 0.3) is 0 Å². The number of likely N-dealkylation sites (N-methyl/N-ethyl adjacent to an activating group) is 1. The van der Waals surface area contributed by atoms with Gasteiger partial charge >= 0.3 is 6.09 Å². The zero-order valence-electron chi connectivity index (χ0n) is 15.5. The zero-order chi connectivity index (χ0) is 18.4. The van der Waals surface area contributed by atoms with Crippen LogP contribution in [0.1, 0.15) is 39.2 Å². The quantitative estimate of drug-likeness (QED) is 0.761. The highest BCUT2D eigenvalue weighted by Gasteiger charge is 2.26. The Balaban J connectivity index is 1.99. The number of amides is 1. The van der Waals surface area contributed by atoms with E-state index in [9.17, 15) is 4.79 Å². The Bertz CT molecular complexity index is 582. The summed E-state index contributed by atoms with van der Waals surface area (Å²) in [7, 11) is 1.78. The third kappa shape index (κ3) is 7.30. The molecule has 1 fully saturated rings. The number of carbonyl (C=O) groups is 1. The van der Waals surface area contributed by atoms with Crippen molar-refractivity contribution in [3.63, 3.8) is 0 Å². The van der Waals surface area contributed by atoms with E-state index in [1.807, 2.05) is 39.0 Å². The first-order valence-electron chi connectivity index (χ1n) is 8.78. The second-order valence-corrected chi connectivity index (χ2v) is 7.97. The number of nitrogens with one attached hydrogen (secondary N) is 2. The van der Waals surface area contributed by atoms with Crippen LogP contribution in [0.15, 0.2) is 30.3 Å². The number of thiocarbonyl (C=S) groups is 1. The van der Waals surface area contributed by atoms with Crippen LogP contribution in [0.2, 0.25) is 0 Å².